The van der Waals surface area contributed by atoms with Crippen molar-refractivity contribution in [2.24, 2.45) is 0 Å². The predicted molar refractivity (Wildman–Crippen MR) is 153 cm³/mol. The molecular weight excluding hydrogens is 502 g/mol. The van der Waals surface area contributed by atoms with Gasteiger partial charge in [-0.25, -0.2) is 4.79 Å². The molecule has 0 saturated heterocycles. The third-order valence-corrected chi connectivity index (χ3v) is 7.06. The van der Waals surface area contributed by atoms with E-state index in [4.69, 9.17) is 14.2 Å². The smallest absolute Gasteiger partial charge is 0.329 e. The van der Waals surface area contributed by atoms with Crippen molar-refractivity contribution < 1.29 is 23.8 Å². The van der Waals surface area contributed by atoms with Crippen LogP contribution >= 0.6 is 0 Å². The van der Waals surface area contributed by atoms with Crippen LogP contribution in [0.2, 0.25) is 0 Å². The fourth-order valence-electron chi connectivity index (χ4n) is 5.04. The van der Waals surface area contributed by atoms with Crippen LogP contribution in [0.3, 0.4) is 0 Å². The predicted octanol–water partition coefficient (Wildman–Crippen LogP) is 6.21. The number of esters is 1. The minimum Gasteiger partial charge on any atom is -0.488 e. The molecule has 0 aromatic heterocycles. The molecule has 0 radical (unpaired) electrons. The molecule has 4 aromatic carbocycles. The van der Waals surface area contributed by atoms with Crippen LogP contribution < -0.4 is 9.47 Å². The first-order chi connectivity index (χ1) is 19.5. The lowest BCUT2D eigenvalue weighted by Gasteiger charge is -2.38. The number of rotatable bonds is 9. The molecule has 1 aliphatic heterocycles. The molecule has 6 heteroatoms. The monoisotopic (exact) mass is 535 g/mol. The van der Waals surface area contributed by atoms with E-state index in [2.05, 4.69) is 0 Å². The van der Waals surface area contributed by atoms with Crippen molar-refractivity contribution in [3.05, 3.63) is 131 Å². The van der Waals surface area contributed by atoms with Crippen molar-refractivity contribution in [3.8, 4) is 11.5 Å². The maximum atomic E-state index is 14.3. The van der Waals surface area contributed by atoms with Gasteiger partial charge in [-0.15, -0.1) is 0 Å². The Morgan fingerprint density at radius 1 is 0.875 bits per heavy atom. The fraction of sp³-hybridized carbons (Fsp3) is 0.235. The van der Waals surface area contributed by atoms with Gasteiger partial charge in [-0.2, -0.15) is 0 Å². The molecule has 0 saturated carbocycles. The summed E-state index contributed by atoms with van der Waals surface area (Å²) in [4.78, 5) is 29.2. The molecule has 5 rings (SSSR count). The zero-order valence-corrected chi connectivity index (χ0v) is 22.8. The summed E-state index contributed by atoms with van der Waals surface area (Å²) in [5.74, 6) is 0.583. The van der Waals surface area contributed by atoms with Crippen LogP contribution in [0.15, 0.2) is 103 Å². The summed E-state index contributed by atoms with van der Waals surface area (Å²) in [6.07, 6.45) is -0.639. The van der Waals surface area contributed by atoms with Gasteiger partial charge in [0.2, 0.25) is 6.10 Å². The number of carbonyl (C=O) groups is 2. The van der Waals surface area contributed by atoms with Gasteiger partial charge in [-0.3, -0.25) is 4.79 Å². The standard InChI is InChI=1S/C34H33NO5/c1-3-38-34(37)30-21-29-27(20-19-24(2)31(29)39-23-25-13-7-4-8-14-25)22-35(30)33(36)32(26-15-9-5-10-16-26)40-28-17-11-6-12-18-28/h4-20,30,32H,3,21-23H2,1-2H3/t30-,32-/m0/s1. The summed E-state index contributed by atoms with van der Waals surface area (Å²) in [5, 5.41) is 0. The Morgan fingerprint density at radius 3 is 2.20 bits per heavy atom. The Hall–Kier alpha value is -4.58. The van der Waals surface area contributed by atoms with Crippen molar-refractivity contribution >= 4 is 11.9 Å². The average Bonchev–Trinajstić information content (AvgIpc) is 3.00. The highest BCUT2D eigenvalue weighted by molar-refractivity contribution is 5.89. The maximum Gasteiger partial charge on any atom is 0.329 e. The number of ether oxygens (including phenoxy) is 3. The lowest BCUT2D eigenvalue weighted by atomic mass is 9.90. The number of aryl methyl sites for hydroxylation is 1. The summed E-state index contributed by atoms with van der Waals surface area (Å²) >= 11 is 0. The van der Waals surface area contributed by atoms with Gasteiger partial charge in [0, 0.05) is 24.1 Å². The van der Waals surface area contributed by atoms with Crippen LogP contribution in [0.1, 0.15) is 40.8 Å². The van der Waals surface area contributed by atoms with E-state index in [1.165, 1.54) is 0 Å². The molecule has 0 bridgehead atoms. The van der Waals surface area contributed by atoms with E-state index in [1.807, 2.05) is 110 Å². The Kier molecular flexibility index (Phi) is 8.45. The lowest BCUT2D eigenvalue weighted by molar-refractivity contribution is -0.158. The fourth-order valence-corrected chi connectivity index (χ4v) is 5.04. The van der Waals surface area contributed by atoms with Crippen LogP contribution in [-0.4, -0.2) is 29.4 Å². The quantitative estimate of drug-likeness (QED) is 0.239. The van der Waals surface area contributed by atoms with E-state index in [0.717, 1.165) is 28.0 Å². The third kappa shape index (κ3) is 6.01. The maximum absolute atomic E-state index is 14.3. The van der Waals surface area contributed by atoms with E-state index in [0.29, 0.717) is 24.3 Å². The highest BCUT2D eigenvalue weighted by atomic mass is 16.5. The summed E-state index contributed by atoms with van der Waals surface area (Å²) in [6, 6.07) is 31.8. The van der Waals surface area contributed by atoms with Crippen LogP contribution in [0.4, 0.5) is 0 Å². The van der Waals surface area contributed by atoms with E-state index >= 15 is 0 Å². The second-order valence-corrected chi connectivity index (χ2v) is 9.78. The van der Waals surface area contributed by atoms with E-state index in [1.54, 1.807) is 11.8 Å². The Labute approximate surface area is 235 Å². The number of hydrogen-bond donors (Lipinski definition) is 0. The Bertz CT molecular complexity index is 1440. The van der Waals surface area contributed by atoms with Gasteiger partial charge in [0.1, 0.15) is 24.1 Å². The normalized spacial score (nSPS) is 15.1. The van der Waals surface area contributed by atoms with Gasteiger partial charge in [0.15, 0.2) is 0 Å². The largest absolute Gasteiger partial charge is 0.488 e. The second kappa shape index (κ2) is 12.5. The molecule has 204 valence electrons. The van der Waals surface area contributed by atoms with Crippen LogP contribution in [0.5, 0.6) is 11.5 Å². The summed E-state index contributed by atoms with van der Waals surface area (Å²) in [5.41, 5.74) is 4.61. The number of carbonyl (C=O) groups excluding carboxylic acids is 2. The summed E-state index contributed by atoms with van der Waals surface area (Å²) in [7, 11) is 0. The molecule has 1 aliphatic rings. The highest BCUT2D eigenvalue weighted by Crippen LogP contribution is 2.36. The molecule has 0 N–H and O–H groups in total. The minimum atomic E-state index is -0.929. The van der Waals surface area contributed by atoms with Gasteiger partial charge in [-0.05, 0) is 42.7 Å². The first-order valence-electron chi connectivity index (χ1n) is 13.6. The van der Waals surface area contributed by atoms with Crippen LogP contribution in [0.25, 0.3) is 0 Å². The molecule has 0 unspecified atom stereocenters. The topological polar surface area (TPSA) is 65.1 Å². The molecular formula is C34H33NO5. The summed E-state index contributed by atoms with van der Waals surface area (Å²) < 4.78 is 18.0. The minimum absolute atomic E-state index is 0.220. The first-order valence-corrected chi connectivity index (χ1v) is 13.6. The highest BCUT2D eigenvalue weighted by Gasteiger charge is 2.41. The number of para-hydroxylation sites is 1. The number of hydrogen-bond acceptors (Lipinski definition) is 5. The third-order valence-electron chi connectivity index (χ3n) is 7.06. The molecule has 2 atom stereocenters. The van der Waals surface area contributed by atoms with Gasteiger partial charge in [0.05, 0.1) is 6.61 Å². The SMILES string of the molecule is CCOC(=O)[C@@H]1Cc2c(ccc(C)c2OCc2ccccc2)CN1C(=O)[C@@H](Oc1ccccc1)c1ccccc1. The molecule has 4 aromatic rings. The summed E-state index contributed by atoms with van der Waals surface area (Å²) in [6.45, 7) is 4.63. The molecule has 0 aliphatic carbocycles. The average molecular weight is 536 g/mol. The lowest BCUT2D eigenvalue weighted by Crippen LogP contribution is -2.51. The number of fused-ring (bicyclic) bond motifs is 1. The molecule has 0 spiro atoms. The van der Waals surface area contributed by atoms with E-state index in [-0.39, 0.29) is 19.1 Å². The number of benzene rings is 4. The van der Waals surface area contributed by atoms with Gasteiger partial charge < -0.3 is 19.1 Å². The Balaban J connectivity index is 1.49. The van der Waals surface area contributed by atoms with Crippen LogP contribution in [0, 0.1) is 6.92 Å². The Morgan fingerprint density at radius 2 is 1.52 bits per heavy atom. The van der Waals surface area contributed by atoms with Crippen molar-refractivity contribution in [3.63, 3.8) is 0 Å². The van der Waals surface area contributed by atoms with E-state index < -0.39 is 18.1 Å². The molecule has 6 nitrogen and oxygen atoms in total. The zero-order valence-electron chi connectivity index (χ0n) is 22.8. The van der Waals surface area contributed by atoms with Crippen LogP contribution in [-0.2, 0) is 33.9 Å². The molecule has 1 heterocycles. The number of amides is 1. The molecule has 40 heavy (non-hydrogen) atoms. The van der Waals surface area contributed by atoms with Gasteiger partial charge in [0.25, 0.3) is 5.91 Å². The van der Waals surface area contributed by atoms with Crippen molar-refractivity contribution in [1.82, 2.24) is 4.90 Å². The molecule has 1 amide bonds. The first kappa shape index (κ1) is 27.0. The van der Waals surface area contributed by atoms with Crippen molar-refractivity contribution in [2.45, 2.75) is 45.6 Å². The van der Waals surface area contributed by atoms with Gasteiger partial charge >= 0.3 is 5.97 Å². The van der Waals surface area contributed by atoms with Crippen molar-refractivity contribution in [2.75, 3.05) is 6.61 Å². The van der Waals surface area contributed by atoms with Gasteiger partial charge in [-0.1, -0.05) is 91.0 Å². The zero-order chi connectivity index (χ0) is 27.9. The molecule has 0 fully saturated rings. The second-order valence-electron chi connectivity index (χ2n) is 9.78. The van der Waals surface area contributed by atoms with Crippen molar-refractivity contribution in [1.29, 1.82) is 0 Å². The number of nitrogens with zero attached hydrogens (tertiary/aromatic N) is 1. The van der Waals surface area contributed by atoms with E-state index in [9.17, 15) is 9.59 Å².